The first-order chi connectivity index (χ1) is 8.49. The molecule has 3 heteroatoms. The van der Waals surface area contributed by atoms with Crippen LogP contribution >= 0.6 is 0 Å². The van der Waals surface area contributed by atoms with Crippen LogP contribution in [0.1, 0.15) is 54.9 Å². The molecular formula is C15H24N2O. The summed E-state index contributed by atoms with van der Waals surface area (Å²) < 4.78 is 0. The lowest BCUT2D eigenvalue weighted by molar-refractivity contribution is 0.0734. The first-order valence-electron chi connectivity index (χ1n) is 6.94. The average molecular weight is 248 g/mol. The number of ketones is 1. The van der Waals surface area contributed by atoms with Crippen molar-refractivity contribution in [3.63, 3.8) is 0 Å². The van der Waals surface area contributed by atoms with E-state index in [9.17, 15) is 4.79 Å². The molecule has 1 N–H and O–H groups in total. The highest BCUT2D eigenvalue weighted by atomic mass is 16.1. The Kier molecular flexibility index (Phi) is 3.91. The molecule has 2 rings (SSSR count). The number of aryl methyl sites for hydroxylation is 2. The summed E-state index contributed by atoms with van der Waals surface area (Å²) in [4.78, 5) is 17.9. The van der Waals surface area contributed by atoms with Crippen molar-refractivity contribution >= 4 is 5.78 Å². The van der Waals surface area contributed by atoms with Gasteiger partial charge in [0, 0.05) is 29.0 Å². The lowest BCUT2D eigenvalue weighted by Crippen LogP contribution is -2.46. The van der Waals surface area contributed by atoms with Crippen LogP contribution in [-0.4, -0.2) is 34.3 Å². The molecule has 0 radical (unpaired) electrons. The minimum Gasteiger partial charge on any atom is -0.362 e. The van der Waals surface area contributed by atoms with Crippen molar-refractivity contribution in [2.45, 2.75) is 59.0 Å². The molecule has 3 nitrogen and oxygen atoms in total. The van der Waals surface area contributed by atoms with Gasteiger partial charge in [-0.05, 0) is 46.6 Å². The first kappa shape index (κ1) is 13.3. The number of rotatable bonds is 3. The van der Waals surface area contributed by atoms with Gasteiger partial charge in [-0.2, -0.15) is 0 Å². The zero-order valence-corrected chi connectivity index (χ0v) is 11.9. The molecule has 18 heavy (non-hydrogen) atoms. The summed E-state index contributed by atoms with van der Waals surface area (Å²) in [7, 11) is 0. The van der Waals surface area contributed by atoms with E-state index in [1.165, 1.54) is 19.3 Å². The molecule has 1 fully saturated rings. The fourth-order valence-corrected chi connectivity index (χ4v) is 3.05. The Bertz CT molecular complexity index is 426. The summed E-state index contributed by atoms with van der Waals surface area (Å²) in [6, 6.07) is 3.02. The van der Waals surface area contributed by atoms with E-state index in [1.54, 1.807) is 0 Å². The molecule has 1 aromatic rings. The molecule has 100 valence electrons. The minimum atomic E-state index is 0.248. The van der Waals surface area contributed by atoms with Gasteiger partial charge in [-0.3, -0.25) is 9.69 Å². The van der Waals surface area contributed by atoms with Gasteiger partial charge in [0.05, 0.1) is 6.54 Å². The van der Waals surface area contributed by atoms with Crippen LogP contribution in [0.5, 0.6) is 0 Å². The highest BCUT2D eigenvalue weighted by Gasteiger charge is 2.27. The van der Waals surface area contributed by atoms with Crippen molar-refractivity contribution in [2.24, 2.45) is 0 Å². The Labute approximate surface area is 110 Å². The molecule has 0 spiro atoms. The van der Waals surface area contributed by atoms with E-state index in [1.807, 2.05) is 19.9 Å². The number of aromatic amines is 1. The van der Waals surface area contributed by atoms with Gasteiger partial charge in [0.2, 0.25) is 0 Å². The van der Waals surface area contributed by atoms with E-state index < -0.39 is 0 Å². The number of piperidine rings is 1. The van der Waals surface area contributed by atoms with Crippen LogP contribution in [0.3, 0.4) is 0 Å². The second-order valence-electron chi connectivity index (χ2n) is 5.72. The number of likely N-dealkylation sites (tertiary alicyclic amines) is 1. The van der Waals surface area contributed by atoms with Crippen LogP contribution in [0, 0.1) is 13.8 Å². The monoisotopic (exact) mass is 248 g/mol. The number of hydrogen-bond acceptors (Lipinski definition) is 2. The molecule has 1 aliphatic rings. The number of hydrogen-bond donors (Lipinski definition) is 1. The van der Waals surface area contributed by atoms with Gasteiger partial charge in [0.15, 0.2) is 5.78 Å². The van der Waals surface area contributed by atoms with Crippen LogP contribution in [0.2, 0.25) is 0 Å². The lowest BCUT2D eigenvalue weighted by atomic mass is 9.96. The first-order valence-corrected chi connectivity index (χ1v) is 6.94. The fourth-order valence-electron chi connectivity index (χ4n) is 3.05. The largest absolute Gasteiger partial charge is 0.362 e. The Balaban J connectivity index is 2.08. The molecule has 1 aliphatic heterocycles. The normalized spacial score (nSPS) is 25.3. The summed E-state index contributed by atoms with van der Waals surface area (Å²) in [5.74, 6) is 0.248. The van der Waals surface area contributed by atoms with Crippen molar-refractivity contribution < 1.29 is 4.79 Å². The molecule has 0 amide bonds. The van der Waals surface area contributed by atoms with Crippen LogP contribution in [-0.2, 0) is 0 Å². The molecule has 2 heterocycles. The molecule has 0 aromatic carbocycles. The lowest BCUT2D eigenvalue weighted by Gasteiger charge is -2.38. The molecule has 2 atom stereocenters. The summed E-state index contributed by atoms with van der Waals surface area (Å²) in [6.07, 6.45) is 3.71. The highest BCUT2D eigenvalue weighted by Crippen LogP contribution is 2.23. The van der Waals surface area contributed by atoms with Crippen LogP contribution in [0.15, 0.2) is 6.07 Å². The zero-order valence-electron chi connectivity index (χ0n) is 11.9. The van der Waals surface area contributed by atoms with E-state index in [4.69, 9.17) is 0 Å². The minimum absolute atomic E-state index is 0.248. The van der Waals surface area contributed by atoms with Gasteiger partial charge in [0.1, 0.15) is 0 Å². The van der Waals surface area contributed by atoms with E-state index in [2.05, 4.69) is 23.7 Å². The van der Waals surface area contributed by atoms with E-state index in [0.717, 1.165) is 17.0 Å². The van der Waals surface area contributed by atoms with Gasteiger partial charge in [-0.25, -0.2) is 0 Å². The Morgan fingerprint density at radius 2 is 1.94 bits per heavy atom. The number of aromatic nitrogens is 1. The topological polar surface area (TPSA) is 36.1 Å². The van der Waals surface area contributed by atoms with Gasteiger partial charge in [-0.15, -0.1) is 0 Å². The second kappa shape index (κ2) is 5.27. The Morgan fingerprint density at radius 1 is 1.33 bits per heavy atom. The van der Waals surface area contributed by atoms with Crippen molar-refractivity contribution in [3.8, 4) is 0 Å². The third-order valence-electron chi connectivity index (χ3n) is 4.15. The number of nitrogens with zero attached hydrogens (tertiary/aromatic N) is 1. The summed E-state index contributed by atoms with van der Waals surface area (Å²) >= 11 is 0. The highest BCUT2D eigenvalue weighted by molar-refractivity contribution is 5.98. The van der Waals surface area contributed by atoms with Crippen LogP contribution < -0.4 is 0 Å². The molecule has 0 bridgehead atoms. The molecular weight excluding hydrogens is 224 g/mol. The maximum Gasteiger partial charge on any atom is 0.178 e. The van der Waals surface area contributed by atoms with Crippen molar-refractivity contribution in [1.29, 1.82) is 0 Å². The van der Waals surface area contributed by atoms with E-state index in [0.29, 0.717) is 18.6 Å². The zero-order chi connectivity index (χ0) is 13.3. The number of carbonyl (C=O) groups is 1. The predicted molar refractivity (Wildman–Crippen MR) is 74.1 cm³/mol. The average Bonchev–Trinajstić information content (AvgIpc) is 2.63. The molecule has 1 saturated heterocycles. The number of Topliss-reactive ketones (excluding diaryl/α,β-unsaturated/α-hetero) is 1. The van der Waals surface area contributed by atoms with Gasteiger partial charge >= 0.3 is 0 Å². The third kappa shape index (κ3) is 2.66. The van der Waals surface area contributed by atoms with Gasteiger partial charge in [0.25, 0.3) is 0 Å². The number of nitrogens with one attached hydrogen (secondary N) is 1. The smallest absolute Gasteiger partial charge is 0.178 e. The molecule has 1 aromatic heterocycles. The van der Waals surface area contributed by atoms with Crippen LogP contribution in [0.25, 0.3) is 0 Å². The Hall–Kier alpha value is -1.09. The number of carbonyl (C=O) groups excluding carboxylic acids is 1. The van der Waals surface area contributed by atoms with E-state index in [-0.39, 0.29) is 5.78 Å². The van der Waals surface area contributed by atoms with E-state index >= 15 is 0 Å². The predicted octanol–water partition coefficient (Wildman–Crippen LogP) is 3.08. The van der Waals surface area contributed by atoms with Crippen molar-refractivity contribution in [1.82, 2.24) is 9.88 Å². The van der Waals surface area contributed by atoms with Crippen LogP contribution in [0.4, 0.5) is 0 Å². The summed E-state index contributed by atoms with van der Waals surface area (Å²) in [5.41, 5.74) is 2.92. The quantitative estimate of drug-likeness (QED) is 0.834. The second-order valence-corrected chi connectivity index (χ2v) is 5.72. The third-order valence-corrected chi connectivity index (χ3v) is 4.15. The van der Waals surface area contributed by atoms with Gasteiger partial charge < -0.3 is 4.98 Å². The maximum absolute atomic E-state index is 12.4. The maximum atomic E-state index is 12.4. The van der Waals surface area contributed by atoms with Crippen molar-refractivity contribution in [2.75, 3.05) is 6.54 Å². The molecule has 0 aliphatic carbocycles. The molecule has 2 unspecified atom stereocenters. The summed E-state index contributed by atoms with van der Waals surface area (Å²) in [5, 5.41) is 0. The fraction of sp³-hybridized carbons (Fsp3) is 0.667. The SMILES string of the molecule is Cc1cc(C(=O)CN2C(C)CCCC2C)c(C)[nH]1. The van der Waals surface area contributed by atoms with Gasteiger partial charge in [-0.1, -0.05) is 6.42 Å². The molecule has 0 saturated carbocycles. The Morgan fingerprint density at radius 3 is 2.44 bits per heavy atom. The summed E-state index contributed by atoms with van der Waals surface area (Å²) in [6.45, 7) is 9.00. The number of H-pyrrole nitrogens is 1. The standard InChI is InChI=1S/C15H24N2O/c1-10-8-14(13(4)16-10)15(18)9-17-11(2)6-5-7-12(17)3/h8,11-12,16H,5-7,9H2,1-4H3. The van der Waals surface area contributed by atoms with Crippen molar-refractivity contribution in [3.05, 3.63) is 23.0 Å².